The van der Waals surface area contributed by atoms with Gasteiger partial charge in [0.05, 0.1) is 12.2 Å². The minimum atomic E-state index is -4.48. The average molecular weight is 474 g/mol. The number of carbonyl (C=O) groups excluding carboxylic acids is 1. The largest absolute Gasteiger partial charge is 0.408 e. The van der Waals surface area contributed by atoms with Gasteiger partial charge in [0.2, 0.25) is 5.28 Å². The van der Waals surface area contributed by atoms with Crippen LogP contribution in [0.5, 0.6) is 0 Å². The van der Waals surface area contributed by atoms with Gasteiger partial charge >= 0.3 is 6.18 Å². The first-order chi connectivity index (χ1) is 14.6. The number of aromatic nitrogens is 2. The number of benzene rings is 1. The molecule has 2 rings (SSSR count). The molecule has 6 nitrogen and oxygen atoms in total. The summed E-state index contributed by atoms with van der Waals surface area (Å²) in [5.74, 6) is 0.816. The van der Waals surface area contributed by atoms with E-state index in [9.17, 15) is 18.0 Å². The molecule has 0 radical (unpaired) electrons. The van der Waals surface area contributed by atoms with Crippen LogP contribution in [-0.4, -0.2) is 47.1 Å². The molecule has 0 fully saturated rings. The van der Waals surface area contributed by atoms with Gasteiger partial charge in [-0.2, -0.15) is 18.2 Å². The summed E-state index contributed by atoms with van der Waals surface area (Å²) in [6.07, 6.45) is -3.99. The summed E-state index contributed by atoms with van der Waals surface area (Å²) >= 11 is 7.58. The first-order valence-corrected chi connectivity index (χ1v) is 10.7. The lowest BCUT2D eigenvalue weighted by molar-refractivity contribution is -0.144. The molecule has 0 spiro atoms. The molecule has 0 bridgehead atoms. The normalized spacial score (nSPS) is 13.1. The van der Waals surface area contributed by atoms with Crippen LogP contribution in [0, 0.1) is 6.92 Å². The van der Waals surface area contributed by atoms with E-state index >= 15 is 0 Å². The zero-order valence-electron chi connectivity index (χ0n) is 17.5. The fourth-order valence-electron chi connectivity index (χ4n) is 2.60. The number of hydrogen-bond donors (Lipinski definition) is 1. The topological polar surface area (TPSA) is 70.5 Å². The van der Waals surface area contributed by atoms with E-state index in [1.54, 1.807) is 18.7 Å². The van der Waals surface area contributed by atoms with Crippen molar-refractivity contribution < 1.29 is 18.0 Å². The van der Waals surface area contributed by atoms with Gasteiger partial charge < -0.3 is 10.2 Å². The van der Waals surface area contributed by atoms with Crippen molar-refractivity contribution in [2.75, 3.05) is 23.0 Å². The third-order valence-electron chi connectivity index (χ3n) is 4.46. The molecule has 2 aromatic rings. The van der Waals surface area contributed by atoms with Crippen molar-refractivity contribution in [2.24, 2.45) is 4.99 Å². The van der Waals surface area contributed by atoms with E-state index in [4.69, 9.17) is 11.6 Å². The Hall–Kier alpha value is -2.33. The molecular weight excluding hydrogens is 451 g/mol. The molecule has 0 amide bonds. The minimum Gasteiger partial charge on any atom is -0.346 e. The molecular formula is C20H23ClF3N5OS. The second kappa shape index (κ2) is 10.8. The molecule has 168 valence electrons. The lowest BCUT2D eigenvalue weighted by atomic mass is 10.2. The Morgan fingerprint density at radius 3 is 2.52 bits per heavy atom. The Morgan fingerprint density at radius 1 is 1.32 bits per heavy atom. The average Bonchev–Trinajstić information content (AvgIpc) is 2.71. The molecule has 1 aromatic carbocycles. The maximum atomic E-state index is 13.2. The quantitative estimate of drug-likeness (QED) is 0.188. The summed E-state index contributed by atoms with van der Waals surface area (Å²) in [5.41, 5.74) is 1.30. The van der Waals surface area contributed by atoms with Crippen LogP contribution in [0.15, 0.2) is 34.2 Å². The van der Waals surface area contributed by atoms with Gasteiger partial charge in [0.1, 0.15) is 11.7 Å². The van der Waals surface area contributed by atoms with Gasteiger partial charge in [0, 0.05) is 11.9 Å². The third kappa shape index (κ3) is 6.83. The number of hydrogen-bond acceptors (Lipinski definition) is 6. The van der Waals surface area contributed by atoms with Crippen molar-refractivity contribution in [1.82, 2.24) is 9.97 Å². The Kier molecular flexibility index (Phi) is 8.69. The number of carbonyl (C=O) groups is 1. The number of thioether (sulfide) groups is 1. The van der Waals surface area contributed by atoms with Gasteiger partial charge in [-0.05, 0) is 48.9 Å². The van der Waals surface area contributed by atoms with Crippen molar-refractivity contribution in [2.45, 2.75) is 44.4 Å². The van der Waals surface area contributed by atoms with Gasteiger partial charge in [-0.15, -0.1) is 11.8 Å². The summed E-state index contributed by atoms with van der Waals surface area (Å²) in [6.45, 7) is 4.84. The Labute approximate surface area is 188 Å². The first-order valence-electron chi connectivity index (χ1n) is 9.38. The van der Waals surface area contributed by atoms with Crippen molar-refractivity contribution in [3.05, 3.63) is 40.8 Å². The fourth-order valence-corrected chi connectivity index (χ4v) is 3.47. The molecule has 1 unspecified atom stereocenters. The standard InChI is InChI=1S/C20H23ClF3N5OS/c1-5-31-15-8-6-14(7-9-15)10-25-16(11-30)27-17-12(2)26-19(21)28-18(17)29(4)13(3)20(22,23)24/h6-9,11,13H,5,10H2,1-4H3,(H,25,27). The van der Waals surface area contributed by atoms with E-state index in [1.807, 2.05) is 24.3 Å². The van der Waals surface area contributed by atoms with Crippen molar-refractivity contribution in [3.8, 4) is 0 Å². The molecule has 1 aromatic heterocycles. The van der Waals surface area contributed by atoms with Crippen LogP contribution in [0.4, 0.5) is 24.7 Å². The predicted octanol–water partition coefficient (Wildman–Crippen LogP) is 5.15. The van der Waals surface area contributed by atoms with Crippen LogP contribution in [0.2, 0.25) is 5.28 Å². The number of nitrogens with zero attached hydrogens (tertiary/aromatic N) is 4. The van der Waals surface area contributed by atoms with Gasteiger partial charge in [-0.3, -0.25) is 9.79 Å². The molecule has 0 saturated heterocycles. The van der Waals surface area contributed by atoms with Crippen LogP contribution in [0.1, 0.15) is 25.1 Å². The maximum absolute atomic E-state index is 13.2. The van der Waals surface area contributed by atoms with Crippen molar-refractivity contribution >= 4 is 47.0 Å². The van der Waals surface area contributed by atoms with Crippen LogP contribution >= 0.6 is 23.4 Å². The molecule has 1 heterocycles. The number of aliphatic imine (C=N–C) groups is 1. The van der Waals surface area contributed by atoms with E-state index in [1.165, 1.54) is 7.05 Å². The Bertz CT molecular complexity index is 938. The Morgan fingerprint density at radius 2 is 1.97 bits per heavy atom. The highest BCUT2D eigenvalue weighted by Gasteiger charge is 2.40. The van der Waals surface area contributed by atoms with Crippen molar-refractivity contribution in [1.29, 1.82) is 0 Å². The molecule has 1 N–H and O–H groups in total. The number of alkyl halides is 3. The van der Waals surface area contributed by atoms with Crippen LogP contribution in [-0.2, 0) is 11.3 Å². The summed E-state index contributed by atoms with van der Waals surface area (Å²) in [5, 5.41) is 2.57. The van der Waals surface area contributed by atoms with Gasteiger partial charge in [0.15, 0.2) is 17.9 Å². The lowest BCUT2D eigenvalue weighted by Crippen LogP contribution is -2.42. The first kappa shape index (κ1) is 24.9. The number of amidine groups is 1. The van der Waals surface area contributed by atoms with E-state index in [0.717, 1.165) is 28.0 Å². The van der Waals surface area contributed by atoms with E-state index < -0.39 is 12.2 Å². The maximum Gasteiger partial charge on any atom is 0.408 e. The smallest absolute Gasteiger partial charge is 0.346 e. The van der Waals surface area contributed by atoms with Crippen molar-refractivity contribution in [3.63, 3.8) is 0 Å². The van der Waals surface area contributed by atoms with E-state index in [-0.39, 0.29) is 34.9 Å². The monoisotopic (exact) mass is 473 g/mol. The summed E-state index contributed by atoms with van der Waals surface area (Å²) < 4.78 is 39.6. The Balaban J connectivity index is 2.30. The third-order valence-corrected chi connectivity index (χ3v) is 5.53. The number of nitrogens with one attached hydrogen (secondary N) is 1. The lowest BCUT2D eigenvalue weighted by Gasteiger charge is -2.29. The molecule has 0 saturated carbocycles. The fraction of sp³-hybridized carbons (Fsp3) is 0.400. The van der Waals surface area contributed by atoms with Crippen LogP contribution in [0.3, 0.4) is 0 Å². The summed E-state index contributed by atoms with van der Waals surface area (Å²) in [7, 11) is 1.25. The van der Waals surface area contributed by atoms with Crippen LogP contribution < -0.4 is 10.2 Å². The molecule has 0 aliphatic heterocycles. The van der Waals surface area contributed by atoms with Crippen LogP contribution in [0.25, 0.3) is 0 Å². The van der Waals surface area contributed by atoms with E-state index in [0.29, 0.717) is 6.29 Å². The molecule has 31 heavy (non-hydrogen) atoms. The zero-order chi connectivity index (χ0) is 23.2. The molecule has 0 aliphatic carbocycles. The second-order valence-corrected chi connectivity index (χ2v) is 8.30. The highest BCUT2D eigenvalue weighted by molar-refractivity contribution is 7.99. The predicted molar refractivity (Wildman–Crippen MR) is 119 cm³/mol. The summed E-state index contributed by atoms with van der Waals surface area (Å²) in [6, 6.07) is 5.91. The van der Waals surface area contributed by atoms with Gasteiger partial charge in [0.25, 0.3) is 0 Å². The van der Waals surface area contributed by atoms with Gasteiger partial charge in [-0.25, -0.2) is 4.98 Å². The molecule has 11 heteroatoms. The number of anilines is 2. The number of aldehydes is 1. The number of halogens is 4. The SMILES string of the molecule is CCSc1ccc(CN=C(C=O)Nc2c(C)nc(Cl)nc2N(C)C(C)C(F)(F)F)cc1. The second-order valence-electron chi connectivity index (χ2n) is 6.63. The number of aryl methyl sites for hydroxylation is 1. The molecule has 1 atom stereocenters. The highest BCUT2D eigenvalue weighted by atomic mass is 35.5. The highest BCUT2D eigenvalue weighted by Crippen LogP contribution is 2.33. The van der Waals surface area contributed by atoms with Gasteiger partial charge in [-0.1, -0.05) is 19.1 Å². The number of rotatable bonds is 8. The van der Waals surface area contributed by atoms with E-state index in [2.05, 4.69) is 27.2 Å². The summed E-state index contributed by atoms with van der Waals surface area (Å²) in [4.78, 5) is 25.8. The molecule has 0 aliphatic rings. The zero-order valence-corrected chi connectivity index (χ0v) is 19.1. The minimum absolute atomic E-state index is 0.0599.